The van der Waals surface area contributed by atoms with Crippen molar-refractivity contribution in [2.75, 3.05) is 7.11 Å². The van der Waals surface area contributed by atoms with Gasteiger partial charge in [0.2, 0.25) is 5.91 Å². The fraction of sp³-hybridized carbons (Fsp3) is 0.286. The Kier molecular flexibility index (Phi) is 4.18. The van der Waals surface area contributed by atoms with Crippen LogP contribution >= 0.6 is 0 Å². The van der Waals surface area contributed by atoms with Crippen LogP contribution in [0, 0.1) is 11.3 Å². The lowest BCUT2D eigenvalue weighted by Gasteiger charge is -2.22. The van der Waals surface area contributed by atoms with Crippen LogP contribution in [0.2, 0.25) is 0 Å². The van der Waals surface area contributed by atoms with Crippen LogP contribution in [0.1, 0.15) is 24.0 Å². The highest BCUT2D eigenvalue weighted by Crippen LogP contribution is 2.21. The first kappa shape index (κ1) is 14.5. The highest BCUT2D eigenvalue weighted by molar-refractivity contribution is 6.36. The molecular weight excluding hydrogens is 274 g/mol. The first-order valence-corrected chi connectivity index (χ1v) is 6.23. The van der Waals surface area contributed by atoms with Gasteiger partial charge in [0.05, 0.1) is 19.2 Å². The van der Waals surface area contributed by atoms with E-state index < -0.39 is 5.97 Å². The number of hydrogen-bond donors (Lipinski definition) is 1. The lowest BCUT2D eigenvalue weighted by Crippen LogP contribution is -2.33. The fourth-order valence-electron chi connectivity index (χ4n) is 1.98. The molecule has 0 fully saturated rings. The largest absolute Gasteiger partial charge is 0.495 e. The topological polar surface area (TPSA) is 103 Å². The van der Waals surface area contributed by atoms with E-state index in [1.807, 2.05) is 6.07 Å². The minimum Gasteiger partial charge on any atom is -0.495 e. The zero-order valence-corrected chi connectivity index (χ0v) is 11.4. The fourth-order valence-corrected chi connectivity index (χ4v) is 1.98. The number of carboxylic acid groups (broad SMARTS) is 1. The van der Waals surface area contributed by atoms with Crippen molar-refractivity contribution in [1.82, 2.24) is 5.01 Å². The van der Waals surface area contributed by atoms with Gasteiger partial charge in [0.25, 0.3) is 0 Å². The van der Waals surface area contributed by atoms with Crippen LogP contribution < -0.4 is 4.74 Å². The number of rotatable bonds is 4. The maximum Gasteiger partial charge on any atom is 0.352 e. The third kappa shape index (κ3) is 3.17. The van der Waals surface area contributed by atoms with Crippen molar-refractivity contribution >= 4 is 17.6 Å². The highest BCUT2D eigenvalue weighted by Gasteiger charge is 2.24. The first-order chi connectivity index (χ1) is 10.0. The van der Waals surface area contributed by atoms with Gasteiger partial charge in [0.15, 0.2) is 0 Å². The molecule has 0 unspecified atom stereocenters. The summed E-state index contributed by atoms with van der Waals surface area (Å²) < 4.78 is 5.10. The van der Waals surface area contributed by atoms with Gasteiger partial charge in [-0.15, -0.1) is 0 Å². The van der Waals surface area contributed by atoms with Crippen molar-refractivity contribution in [3.63, 3.8) is 0 Å². The summed E-state index contributed by atoms with van der Waals surface area (Å²) in [6.45, 7) is 0.137. The Morgan fingerprint density at radius 1 is 1.52 bits per heavy atom. The molecule has 1 amide bonds. The molecule has 2 rings (SSSR count). The molecule has 1 aliphatic rings. The standard InChI is InChI=1S/C14H13N3O4/c1-21-12-6-9(2-3-10(12)7-15)8-17-13(18)5-4-11(16-17)14(19)20/h2-3,6H,4-5,8H2,1H3,(H,19,20). The van der Waals surface area contributed by atoms with Gasteiger partial charge in [-0.2, -0.15) is 10.4 Å². The zero-order valence-electron chi connectivity index (χ0n) is 11.4. The van der Waals surface area contributed by atoms with Crippen LogP contribution in [0.15, 0.2) is 23.3 Å². The van der Waals surface area contributed by atoms with E-state index in [0.29, 0.717) is 16.9 Å². The van der Waals surface area contributed by atoms with Crippen molar-refractivity contribution in [2.45, 2.75) is 19.4 Å². The van der Waals surface area contributed by atoms with E-state index in [1.165, 1.54) is 7.11 Å². The Hall–Kier alpha value is -2.88. The van der Waals surface area contributed by atoms with Gasteiger partial charge in [-0.3, -0.25) is 4.79 Å². The minimum atomic E-state index is -1.12. The number of ether oxygens (including phenoxy) is 1. The monoisotopic (exact) mass is 287 g/mol. The van der Waals surface area contributed by atoms with Gasteiger partial charge in [0, 0.05) is 12.8 Å². The number of hydrazone groups is 1. The summed E-state index contributed by atoms with van der Waals surface area (Å²) in [5, 5.41) is 22.8. The number of benzene rings is 1. The van der Waals surface area contributed by atoms with Gasteiger partial charge >= 0.3 is 5.97 Å². The number of nitriles is 1. The number of carbonyl (C=O) groups excluding carboxylic acids is 1. The van der Waals surface area contributed by atoms with Gasteiger partial charge in [-0.25, -0.2) is 9.80 Å². The van der Waals surface area contributed by atoms with E-state index in [4.69, 9.17) is 15.1 Å². The van der Waals surface area contributed by atoms with Crippen LogP contribution in [0.3, 0.4) is 0 Å². The first-order valence-electron chi connectivity index (χ1n) is 6.23. The summed E-state index contributed by atoms with van der Waals surface area (Å²) >= 11 is 0. The van der Waals surface area contributed by atoms with Gasteiger partial charge in [0.1, 0.15) is 17.5 Å². The van der Waals surface area contributed by atoms with E-state index >= 15 is 0 Å². The lowest BCUT2D eigenvalue weighted by atomic mass is 10.1. The summed E-state index contributed by atoms with van der Waals surface area (Å²) in [6, 6.07) is 6.90. The van der Waals surface area contributed by atoms with Crippen LogP contribution in [0.5, 0.6) is 5.75 Å². The normalized spacial score (nSPS) is 14.4. The molecule has 0 aliphatic carbocycles. The molecule has 21 heavy (non-hydrogen) atoms. The van der Waals surface area contributed by atoms with E-state index in [-0.39, 0.29) is 31.0 Å². The Labute approximate surface area is 121 Å². The predicted octanol–water partition coefficient (Wildman–Crippen LogP) is 1.13. The van der Waals surface area contributed by atoms with Gasteiger partial charge in [-0.05, 0) is 17.7 Å². The van der Waals surface area contributed by atoms with Crippen molar-refractivity contribution in [2.24, 2.45) is 5.10 Å². The quantitative estimate of drug-likeness (QED) is 0.894. The van der Waals surface area contributed by atoms with E-state index in [1.54, 1.807) is 18.2 Å². The SMILES string of the molecule is COc1cc(CN2N=C(C(=O)O)CCC2=O)ccc1C#N. The number of hydrogen-bond acceptors (Lipinski definition) is 5. The van der Waals surface area contributed by atoms with Crippen molar-refractivity contribution in [1.29, 1.82) is 5.26 Å². The van der Waals surface area contributed by atoms with E-state index in [9.17, 15) is 9.59 Å². The number of carboxylic acids is 1. The maximum absolute atomic E-state index is 11.8. The van der Waals surface area contributed by atoms with E-state index in [0.717, 1.165) is 5.01 Å². The Balaban J connectivity index is 2.24. The third-order valence-electron chi connectivity index (χ3n) is 3.07. The Morgan fingerprint density at radius 2 is 2.29 bits per heavy atom. The summed E-state index contributed by atoms with van der Waals surface area (Å²) in [6.07, 6.45) is 0.264. The summed E-state index contributed by atoms with van der Waals surface area (Å²) in [4.78, 5) is 22.7. The van der Waals surface area contributed by atoms with Crippen LogP contribution in [0.25, 0.3) is 0 Å². The number of amides is 1. The molecule has 1 heterocycles. The molecule has 0 radical (unpaired) electrons. The highest BCUT2D eigenvalue weighted by atomic mass is 16.5. The van der Waals surface area contributed by atoms with Crippen LogP contribution in [0.4, 0.5) is 0 Å². The van der Waals surface area contributed by atoms with Gasteiger partial charge < -0.3 is 9.84 Å². The minimum absolute atomic E-state index is 0.0322. The molecule has 108 valence electrons. The number of methoxy groups -OCH3 is 1. The Morgan fingerprint density at radius 3 is 2.90 bits per heavy atom. The number of aliphatic carboxylic acids is 1. The lowest BCUT2D eigenvalue weighted by molar-refractivity contribution is -0.133. The summed E-state index contributed by atoms with van der Waals surface area (Å²) in [7, 11) is 1.45. The zero-order chi connectivity index (χ0) is 15.4. The molecule has 0 bridgehead atoms. The second-order valence-electron chi connectivity index (χ2n) is 4.45. The number of nitrogens with zero attached hydrogens (tertiary/aromatic N) is 3. The molecule has 0 atom stereocenters. The maximum atomic E-state index is 11.8. The van der Waals surface area contributed by atoms with Crippen molar-refractivity contribution < 1.29 is 19.4 Å². The molecule has 7 nitrogen and oxygen atoms in total. The van der Waals surface area contributed by atoms with Crippen molar-refractivity contribution in [3.05, 3.63) is 29.3 Å². The average Bonchev–Trinajstić information content (AvgIpc) is 2.49. The number of carbonyl (C=O) groups is 2. The molecule has 1 aromatic carbocycles. The summed E-state index contributed by atoms with van der Waals surface area (Å²) in [5.74, 6) is -0.949. The third-order valence-corrected chi connectivity index (χ3v) is 3.07. The van der Waals surface area contributed by atoms with Crippen LogP contribution in [-0.2, 0) is 16.1 Å². The van der Waals surface area contributed by atoms with Crippen LogP contribution in [-0.4, -0.2) is 34.8 Å². The molecule has 0 saturated carbocycles. The second kappa shape index (κ2) is 6.05. The molecule has 1 aromatic rings. The predicted molar refractivity (Wildman–Crippen MR) is 72.6 cm³/mol. The smallest absolute Gasteiger partial charge is 0.352 e. The van der Waals surface area contributed by atoms with Crippen molar-refractivity contribution in [3.8, 4) is 11.8 Å². The average molecular weight is 287 g/mol. The molecule has 0 saturated heterocycles. The molecule has 0 aromatic heterocycles. The molecular formula is C14H13N3O4. The van der Waals surface area contributed by atoms with E-state index in [2.05, 4.69) is 5.10 Å². The summed E-state index contributed by atoms with van der Waals surface area (Å²) in [5.41, 5.74) is 1.06. The molecule has 7 heteroatoms. The Bertz CT molecular complexity index is 661. The molecule has 1 aliphatic heterocycles. The van der Waals surface area contributed by atoms with Gasteiger partial charge in [-0.1, -0.05) is 6.07 Å². The molecule has 0 spiro atoms. The molecule has 1 N–H and O–H groups in total. The second-order valence-corrected chi connectivity index (χ2v) is 4.45.